The summed E-state index contributed by atoms with van der Waals surface area (Å²) in [6.07, 6.45) is 5.10. The predicted octanol–water partition coefficient (Wildman–Crippen LogP) is 1.37. The van der Waals surface area contributed by atoms with E-state index in [2.05, 4.69) is 30.4 Å². The van der Waals surface area contributed by atoms with Crippen LogP contribution in [0.1, 0.15) is 19.4 Å². The van der Waals surface area contributed by atoms with Crippen molar-refractivity contribution in [2.45, 2.75) is 26.5 Å². The van der Waals surface area contributed by atoms with Crippen molar-refractivity contribution >= 4 is 5.95 Å². The molecule has 0 amide bonds. The second kappa shape index (κ2) is 5.46. The molecule has 0 aliphatic heterocycles. The maximum absolute atomic E-state index is 8.87. The molecule has 0 atom stereocenters. The lowest BCUT2D eigenvalue weighted by molar-refractivity contribution is 0.281. The zero-order chi connectivity index (χ0) is 11.3. The Kier molecular flexibility index (Phi) is 4.24. The van der Waals surface area contributed by atoms with Crippen LogP contribution in [0.25, 0.3) is 0 Å². The molecule has 0 saturated heterocycles. The third-order valence-electron chi connectivity index (χ3n) is 2.08. The Morgan fingerprint density at radius 3 is 2.47 bits per heavy atom. The molecule has 82 valence electrons. The average Bonchev–Trinajstić information content (AvgIpc) is 2.26. The number of rotatable bonds is 5. The van der Waals surface area contributed by atoms with E-state index in [1.54, 1.807) is 12.4 Å². The fraction of sp³-hybridized carbons (Fsp3) is 0.455. The summed E-state index contributed by atoms with van der Waals surface area (Å²) < 4.78 is 0. The second-order valence-electron chi connectivity index (χ2n) is 3.58. The van der Waals surface area contributed by atoms with Gasteiger partial charge < -0.3 is 10.0 Å². The first kappa shape index (κ1) is 11.7. The van der Waals surface area contributed by atoms with Crippen molar-refractivity contribution in [3.63, 3.8) is 0 Å². The SMILES string of the molecule is C=CCN(c1ncc(CO)cn1)C(C)C. The van der Waals surface area contributed by atoms with E-state index in [1.165, 1.54) is 0 Å². The van der Waals surface area contributed by atoms with Crippen molar-refractivity contribution < 1.29 is 5.11 Å². The lowest BCUT2D eigenvalue weighted by atomic mass is 10.3. The minimum atomic E-state index is -0.0244. The van der Waals surface area contributed by atoms with Crippen LogP contribution in [0, 0.1) is 0 Å². The highest BCUT2D eigenvalue weighted by molar-refractivity contribution is 5.32. The van der Waals surface area contributed by atoms with Crippen LogP contribution in [0.4, 0.5) is 5.95 Å². The predicted molar refractivity (Wildman–Crippen MR) is 60.6 cm³/mol. The Morgan fingerprint density at radius 1 is 1.47 bits per heavy atom. The van der Waals surface area contributed by atoms with Crippen LogP contribution >= 0.6 is 0 Å². The first-order valence-electron chi connectivity index (χ1n) is 4.98. The quantitative estimate of drug-likeness (QED) is 0.741. The lowest BCUT2D eigenvalue weighted by Gasteiger charge is -2.25. The summed E-state index contributed by atoms with van der Waals surface area (Å²) in [6, 6.07) is 0.322. The summed E-state index contributed by atoms with van der Waals surface area (Å²) in [5.41, 5.74) is 0.723. The largest absolute Gasteiger partial charge is 0.392 e. The summed E-state index contributed by atoms with van der Waals surface area (Å²) in [7, 11) is 0. The topological polar surface area (TPSA) is 49.2 Å². The third-order valence-corrected chi connectivity index (χ3v) is 2.08. The first-order chi connectivity index (χ1) is 7.19. The van der Waals surface area contributed by atoms with Gasteiger partial charge >= 0.3 is 0 Å². The van der Waals surface area contributed by atoms with E-state index in [4.69, 9.17) is 5.11 Å². The molecule has 0 aromatic carbocycles. The van der Waals surface area contributed by atoms with Gasteiger partial charge in [0.15, 0.2) is 0 Å². The van der Waals surface area contributed by atoms with Crippen LogP contribution in [0.5, 0.6) is 0 Å². The van der Waals surface area contributed by atoms with E-state index in [0.717, 1.165) is 12.1 Å². The van der Waals surface area contributed by atoms with Gasteiger partial charge in [-0.15, -0.1) is 6.58 Å². The van der Waals surface area contributed by atoms with Crippen molar-refractivity contribution in [1.29, 1.82) is 0 Å². The van der Waals surface area contributed by atoms with Gasteiger partial charge in [-0.1, -0.05) is 6.08 Å². The van der Waals surface area contributed by atoms with Crippen LogP contribution in [0.3, 0.4) is 0 Å². The lowest BCUT2D eigenvalue weighted by Crippen LogP contribution is -2.32. The summed E-state index contributed by atoms with van der Waals surface area (Å²) >= 11 is 0. The highest BCUT2D eigenvalue weighted by Crippen LogP contribution is 2.10. The number of aliphatic hydroxyl groups excluding tert-OH is 1. The van der Waals surface area contributed by atoms with Crippen molar-refractivity contribution in [3.8, 4) is 0 Å². The molecule has 15 heavy (non-hydrogen) atoms. The second-order valence-corrected chi connectivity index (χ2v) is 3.58. The van der Waals surface area contributed by atoms with Gasteiger partial charge in [0.2, 0.25) is 5.95 Å². The molecule has 0 saturated carbocycles. The van der Waals surface area contributed by atoms with Gasteiger partial charge in [0.1, 0.15) is 0 Å². The molecule has 0 fully saturated rings. The van der Waals surface area contributed by atoms with Gasteiger partial charge in [-0.3, -0.25) is 0 Å². The summed E-state index contributed by atoms with van der Waals surface area (Å²) in [6.45, 7) is 8.55. The van der Waals surface area contributed by atoms with Crippen LogP contribution in [0.15, 0.2) is 25.0 Å². The van der Waals surface area contributed by atoms with E-state index in [0.29, 0.717) is 12.0 Å². The number of aliphatic hydroxyl groups is 1. The van der Waals surface area contributed by atoms with Crippen LogP contribution < -0.4 is 4.90 Å². The van der Waals surface area contributed by atoms with E-state index in [1.807, 2.05) is 11.0 Å². The number of hydrogen-bond donors (Lipinski definition) is 1. The average molecular weight is 207 g/mol. The minimum absolute atomic E-state index is 0.0244. The van der Waals surface area contributed by atoms with E-state index in [9.17, 15) is 0 Å². The number of aromatic nitrogens is 2. The number of anilines is 1. The van der Waals surface area contributed by atoms with Crippen molar-refractivity contribution in [1.82, 2.24) is 9.97 Å². The van der Waals surface area contributed by atoms with Gasteiger partial charge in [-0.25, -0.2) is 9.97 Å². The fourth-order valence-corrected chi connectivity index (χ4v) is 1.24. The highest BCUT2D eigenvalue weighted by Gasteiger charge is 2.11. The molecule has 0 bridgehead atoms. The smallest absolute Gasteiger partial charge is 0.225 e. The highest BCUT2D eigenvalue weighted by atomic mass is 16.3. The maximum Gasteiger partial charge on any atom is 0.225 e. The Hall–Kier alpha value is -1.42. The van der Waals surface area contributed by atoms with Crippen LogP contribution in [0.2, 0.25) is 0 Å². The Balaban J connectivity index is 2.86. The molecular formula is C11H17N3O. The minimum Gasteiger partial charge on any atom is -0.392 e. The molecule has 4 heteroatoms. The fourth-order valence-electron chi connectivity index (χ4n) is 1.24. The molecule has 1 aromatic rings. The molecule has 0 unspecified atom stereocenters. The molecule has 0 aliphatic carbocycles. The van der Waals surface area contributed by atoms with Crippen molar-refractivity contribution in [3.05, 3.63) is 30.6 Å². The Bertz CT molecular complexity index is 308. The molecule has 1 N–H and O–H groups in total. The van der Waals surface area contributed by atoms with Gasteiger partial charge in [0.25, 0.3) is 0 Å². The first-order valence-corrected chi connectivity index (χ1v) is 4.98. The molecule has 0 spiro atoms. The summed E-state index contributed by atoms with van der Waals surface area (Å²) in [5.74, 6) is 0.669. The van der Waals surface area contributed by atoms with E-state index >= 15 is 0 Å². The summed E-state index contributed by atoms with van der Waals surface area (Å²) in [5, 5.41) is 8.87. The zero-order valence-electron chi connectivity index (χ0n) is 9.22. The zero-order valence-corrected chi connectivity index (χ0v) is 9.22. The van der Waals surface area contributed by atoms with Crippen molar-refractivity contribution in [2.24, 2.45) is 0 Å². The van der Waals surface area contributed by atoms with Crippen LogP contribution in [-0.2, 0) is 6.61 Å². The molecule has 1 heterocycles. The summed E-state index contributed by atoms with van der Waals surface area (Å²) in [4.78, 5) is 10.4. The number of nitrogens with zero attached hydrogens (tertiary/aromatic N) is 3. The third kappa shape index (κ3) is 3.02. The standard InChI is InChI=1S/C11H17N3O/c1-4-5-14(9(2)3)11-12-6-10(8-15)7-13-11/h4,6-7,9,15H,1,5,8H2,2-3H3. The molecule has 1 rings (SSSR count). The van der Waals surface area contributed by atoms with E-state index < -0.39 is 0 Å². The molecular weight excluding hydrogens is 190 g/mol. The van der Waals surface area contributed by atoms with Crippen molar-refractivity contribution in [2.75, 3.05) is 11.4 Å². The number of hydrogen-bond acceptors (Lipinski definition) is 4. The van der Waals surface area contributed by atoms with Gasteiger partial charge in [0, 0.05) is 30.5 Å². The molecule has 1 aromatic heterocycles. The van der Waals surface area contributed by atoms with Gasteiger partial charge in [0.05, 0.1) is 6.61 Å². The Labute approximate surface area is 90.3 Å². The molecule has 4 nitrogen and oxygen atoms in total. The molecule has 0 radical (unpaired) electrons. The normalized spacial score (nSPS) is 10.4. The monoisotopic (exact) mass is 207 g/mol. The Morgan fingerprint density at radius 2 is 2.07 bits per heavy atom. The van der Waals surface area contributed by atoms with Gasteiger partial charge in [-0.2, -0.15) is 0 Å². The van der Waals surface area contributed by atoms with E-state index in [-0.39, 0.29) is 6.61 Å². The van der Waals surface area contributed by atoms with Crippen LogP contribution in [-0.4, -0.2) is 27.7 Å². The van der Waals surface area contributed by atoms with Gasteiger partial charge in [-0.05, 0) is 13.8 Å². The maximum atomic E-state index is 8.87. The molecule has 0 aliphatic rings.